The quantitative estimate of drug-likeness (QED) is 0.229. The molecule has 3 heterocycles. The largest absolute Gasteiger partial charge is 0.251 e. The summed E-state index contributed by atoms with van der Waals surface area (Å²) in [5, 5.41) is 1.99. The Balaban J connectivity index is 1.49. The van der Waals surface area contributed by atoms with Crippen molar-refractivity contribution in [2.24, 2.45) is 0 Å². The molecule has 39 heavy (non-hydrogen) atoms. The van der Waals surface area contributed by atoms with Gasteiger partial charge in [0.2, 0.25) is 0 Å². The summed E-state index contributed by atoms with van der Waals surface area (Å²) >= 11 is 0. The van der Waals surface area contributed by atoms with Gasteiger partial charge >= 0.3 is 0 Å². The van der Waals surface area contributed by atoms with Gasteiger partial charge in [-0.05, 0) is 19.1 Å². The molecule has 0 aliphatic heterocycles. The van der Waals surface area contributed by atoms with Crippen molar-refractivity contribution in [3.8, 4) is 45.4 Å². The van der Waals surface area contributed by atoms with Gasteiger partial charge in [-0.3, -0.25) is 4.98 Å². The maximum absolute atomic E-state index is 5.06. The van der Waals surface area contributed by atoms with Gasteiger partial charge in [0.15, 0.2) is 17.5 Å². The highest BCUT2D eigenvalue weighted by molar-refractivity contribution is 6.08. The summed E-state index contributed by atoms with van der Waals surface area (Å²) in [6, 6.07) is 40.7. The number of nitrogens with zero attached hydrogens (tertiary/aromatic N) is 5. The average Bonchev–Trinajstić information content (AvgIpc) is 3.01. The highest BCUT2D eigenvalue weighted by Gasteiger charge is 2.17. The maximum Gasteiger partial charge on any atom is 0.164 e. The predicted molar refractivity (Wildman–Crippen MR) is 157 cm³/mol. The molecule has 0 saturated heterocycles. The first-order valence-corrected chi connectivity index (χ1v) is 12.9. The molecule has 5 nitrogen and oxygen atoms in total. The van der Waals surface area contributed by atoms with Crippen LogP contribution in [0.15, 0.2) is 121 Å². The van der Waals surface area contributed by atoms with Gasteiger partial charge in [0.05, 0.1) is 16.7 Å². The van der Waals surface area contributed by atoms with Gasteiger partial charge < -0.3 is 0 Å². The Labute approximate surface area is 225 Å². The van der Waals surface area contributed by atoms with Gasteiger partial charge in [0.25, 0.3) is 0 Å². The molecule has 7 rings (SSSR count). The van der Waals surface area contributed by atoms with Gasteiger partial charge in [0.1, 0.15) is 0 Å². The van der Waals surface area contributed by atoms with Gasteiger partial charge in [-0.2, -0.15) is 0 Å². The molecular weight excluding hydrogens is 478 g/mol. The molecule has 0 bridgehead atoms. The molecule has 0 spiro atoms. The predicted octanol–water partition coefficient (Wildman–Crippen LogP) is 7.94. The molecule has 0 N–H and O–H groups in total. The standard InChI is InChI=1S/C34H23N5/c1-22-21-28(27-19-17-24-18-20-29(23-11-5-2-6-12-23)36-30(24)31(27)35-22)34-38-32(25-13-7-3-8-14-25)37-33(39-34)26-15-9-4-10-16-26/h2-21H,1H3. The van der Waals surface area contributed by atoms with Gasteiger partial charge in [-0.25, -0.2) is 19.9 Å². The van der Waals surface area contributed by atoms with E-state index in [1.165, 1.54) is 0 Å². The first kappa shape index (κ1) is 22.9. The van der Waals surface area contributed by atoms with Crippen LogP contribution in [0.5, 0.6) is 0 Å². The highest BCUT2D eigenvalue weighted by Crippen LogP contribution is 2.33. The van der Waals surface area contributed by atoms with Crippen molar-refractivity contribution in [3.63, 3.8) is 0 Å². The Bertz CT molecular complexity index is 1900. The molecule has 184 valence electrons. The zero-order chi connectivity index (χ0) is 26.2. The smallest absolute Gasteiger partial charge is 0.164 e. The SMILES string of the molecule is Cc1cc(-c2nc(-c3ccccc3)nc(-c3ccccc3)n2)c2ccc3ccc(-c4ccccc4)nc3c2n1. The van der Waals surface area contributed by atoms with Crippen LogP contribution in [0.4, 0.5) is 0 Å². The third-order valence-corrected chi connectivity index (χ3v) is 6.78. The van der Waals surface area contributed by atoms with Crippen LogP contribution in [-0.2, 0) is 0 Å². The van der Waals surface area contributed by atoms with Crippen molar-refractivity contribution in [1.29, 1.82) is 0 Å². The van der Waals surface area contributed by atoms with E-state index in [1.54, 1.807) is 0 Å². The number of hydrogen-bond acceptors (Lipinski definition) is 5. The molecule has 0 aliphatic carbocycles. The molecule has 0 radical (unpaired) electrons. The summed E-state index contributed by atoms with van der Waals surface area (Å²) in [6.45, 7) is 2.00. The van der Waals surface area contributed by atoms with Crippen molar-refractivity contribution in [3.05, 3.63) is 127 Å². The van der Waals surface area contributed by atoms with E-state index < -0.39 is 0 Å². The topological polar surface area (TPSA) is 64.5 Å². The molecule has 7 aromatic rings. The summed E-state index contributed by atoms with van der Waals surface area (Å²) < 4.78 is 0. The summed E-state index contributed by atoms with van der Waals surface area (Å²) in [4.78, 5) is 24.8. The van der Waals surface area contributed by atoms with E-state index in [0.29, 0.717) is 17.5 Å². The summed E-state index contributed by atoms with van der Waals surface area (Å²) in [6.07, 6.45) is 0. The molecule has 0 unspecified atom stereocenters. The van der Waals surface area contributed by atoms with Crippen molar-refractivity contribution in [2.45, 2.75) is 6.92 Å². The molecule has 0 atom stereocenters. The van der Waals surface area contributed by atoms with Crippen molar-refractivity contribution in [1.82, 2.24) is 24.9 Å². The van der Waals surface area contributed by atoms with Crippen LogP contribution in [0, 0.1) is 6.92 Å². The second kappa shape index (κ2) is 9.54. The van der Waals surface area contributed by atoms with E-state index in [1.807, 2.05) is 91.9 Å². The zero-order valence-electron chi connectivity index (χ0n) is 21.3. The first-order chi connectivity index (χ1) is 19.2. The highest BCUT2D eigenvalue weighted by atomic mass is 15.0. The Morgan fingerprint density at radius 3 is 1.59 bits per heavy atom. The van der Waals surface area contributed by atoms with E-state index >= 15 is 0 Å². The minimum Gasteiger partial charge on any atom is -0.251 e. The Morgan fingerprint density at radius 1 is 0.436 bits per heavy atom. The number of fused-ring (bicyclic) bond motifs is 3. The molecule has 0 fully saturated rings. The van der Waals surface area contributed by atoms with Crippen LogP contribution in [0.1, 0.15) is 5.69 Å². The number of aryl methyl sites for hydroxylation is 1. The van der Waals surface area contributed by atoms with Gasteiger partial charge in [0, 0.05) is 38.7 Å². The molecule has 0 amide bonds. The van der Waals surface area contributed by atoms with Crippen molar-refractivity contribution < 1.29 is 0 Å². The maximum atomic E-state index is 5.06. The van der Waals surface area contributed by atoms with Gasteiger partial charge in [-0.1, -0.05) is 109 Å². The van der Waals surface area contributed by atoms with Crippen LogP contribution >= 0.6 is 0 Å². The van der Waals surface area contributed by atoms with Crippen molar-refractivity contribution >= 4 is 21.8 Å². The number of aromatic nitrogens is 5. The average molecular weight is 502 g/mol. The molecule has 0 saturated carbocycles. The lowest BCUT2D eigenvalue weighted by atomic mass is 10.0. The third kappa shape index (κ3) is 4.30. The fourth-order valence-electron chi connectivity index (χ4n) is 4.88. The third-order valence-electron chi connectivity index (χ3n) is 6.78. The second-order valence-corrected chi connectivity index (χ2v) is 9.45. The van der Waals surface area contributed by atoms with E-state index in [0.717, 1.165) is 55.4 Å². The zero-order valence-corrected chi connectivity index (χ0v) is 21.3. The molecule has 5 heteroatoms. The summed E-state index contributed by atoms with van der Waals surface area (Å²) in [5.41, 5.74) is 7.34. The number of pyridine rings is 2. The lowest BCUT2D eigenvalue weighted by Crippen LogP contribution is -2.01. The minimum absolute atomic E-state index is 0.608. The minimum atomic E-state index is 0.608. The van der Waals surface area contributed by atoms with E-state index in [4.69, 9.17) is 24.9 Å². The number of benzene rings is 4. The fraction of sp³-hybridized carbons (Fsp3) is 0.0294. The fourth-order valence-corrected chi connectivity index (χ4v) is 4.88. The molecule has 0 aliphatic rings. The lowest BCUT2D eigenvalue weighted by molar-refractivity contribution is 1.07. The normalized spacial score (nSPS) is 11.2. The molecule has 3 aromatic heterocycles. The molecule has 4 aromatic carbocycles. The van der Waals surface area contributed by atoms with Crippen LogP contribution in [-0.4, -0.2) is 24.9 Å². The van der Waals surface area contributed by atoms with Crippen LogP contribution in [0.3, 0.4) is 0 Å². The van der Waals surface area contributed by atoms with Crippen LogP contribution in [0.2, 0.25) is 0 Å². The lowest BCUT2D eigenvalue weighted by Gasteiger charge is -2.12. The second-order valence-electron chi connectivity index (χ2n) is 9.45. The van der Waals surface area contributed by atoms with E-state index in [2.05, 4.69) is 36.4 Å². The monoisotopic (exact) mass is 501 g/mol. The Hall–Kier alpha value is -5.29. The number of hydrogen-bond donors (Lipinski definition) is 0. The van der Waals surface area contributed by atoms with E-state index in [9.17, 15) is 0 Å². The summed E-state index contributed by atoms with van der Waals surface area (Å²) in [5.74, 6) is 1.87. The first-order valence-electron chi connectivity index (χ1n) is 12.9. The van der Waals surface area contributed by atoms with Crippen LogP contribution in [0.25, 0.3) is 67.2 Å². The Morgan fingerprint density at radius 2 is 0.974 bits per heavy atom. The number of rotatable bonds is 4. The molecular formula is C34H23N5. The van der Waals surface area contributed by atoms with Crippen LogP contribution < -0.4 is 0 Å². The summed E-state index contributed by atoms with van der Waals surface area (Å²) in [7, 11) is 0. The van der Waals surface area contributed by atoms with E-state index in [-0.39, 0.29) is 0 Å². The Kier molecular flexibility index (Phi) is 5.60. The van der Waals surface area contributed by atoms with Crippen molar-refractivity contribution in [2.75, 3.05) is 0 Å². The van der Waals surface area contributed by atoms with Gasteiger partial charge in [-0.15, -0.1) is 0 Å².